The van der Waals surface area contributed by atoms with Crippen LogP contribution in [-0.4, -0.2) is 24.1 Å². The topological polar surface area (TPSA) is 47.0 Å². The molecule has 0 aliphatic heterocycles. The molecule has 0 saturated heterocycles. The Labute approximate surface area is 107 Å². The first-order valence-corrected chi connectivity index (χ1v) is 5.88. The molecular weight excluding hydrogens is 226 g/mol. The maximum atomic E-state index is 5.23. The lowest BCUT2D eigenvalue weighted by Gasteiger charge is -2.16. The Balaban J connectivity index is 2.15. The summed E-state index contributed by atoms with van der Waals surface area (Å²) in [5.74, 6) is 0.881. The average molecular weight is 243 g/mol. The zero-order chi connectivity index (χ0) is 12.8. The van der Waals surface area contributed by atoms with E-state index in [9.17, 15) is 0 Å². The molecule has 1 N–H and O–H groups in total. The van der Waals surface area contributed by atoms with E-state index >= 15 is 0 Å². The van der Waals surface area contributed by atoms with Crippen molar-refractivity contribution in [3.63, 3.8) is 0 Å². The van der Waals surface area contributed by atoms with E-state index in [0.29, 0.717) is 0 Å². The van der Waals surface area contributed by atoms with E-state index in [4.69, 9.17) is 4.74 Å². The highest BCUT2D eigenvalue weighted by Gasteiger charge is 2.10. The van der Waals surface area contributed by atoms with Crippen LogP contribution in [0.15, 0.2) is 43.0 Å². The molecule has 1 aromatic heterocycles. The molecule has 0 spiro atoms. The van der Waals surface area contributed by atoms with Crippen LogP contribution in [0.3, 0.4) is 0 Å². The summed E-state index contributed by atoms with van der Waals surface area (Å²) in [4.78, 5) is 8.11. The lowest BCUT2D eigenvalue weighted by molar-refractivity contribution is 0.414. The third-order valence-electron chi connectivity index (χ3n) is 2.91. The molecule has 2 aromatic rings. The second-order valence-electron chi connectivity index (χ2n) is 4.07. The first kappa shape index (κ1) is 12.5. The summed E-state index contributed by atoms with van der Waals surface area (Å²) in [5, 5.41) is 3.28. The van der Waals surface area contributed by atoms with Gasteiger partial charge in [0.2, 0.25) is 0 Å². The van der Waals surface area contributed by atoms with E-state index in [1.54, 1.807) is 13.4 Å². The number of benzene rings is 1. The van der Waals surface area contributed by atoms with Crippen LogP contribution in [-0.2, 0) is 6.42 Å². The van der Waals surface area contributed by atoms with Crippen LogP contribution in [0.25, 0.3) is 0 Å². The lowest BCUT2D eigenvalue weighted by Crippen LogP contribution is -2.19. The minimum atomic E-state index is 0.207. The molecule has 1 heterocycles. The van der Waals surface area contributed by atoms with Gasteiger partial charge in [0, 0.05) is 24.0 Å². The third-order valence-corrected chi connectivity index (χ3v) is 2.91. The van der Waals surface area contributed by atoms with Gasteiger partial charge < -0.3 is 10.1 Å². The molecule has 0 aliphatic rings. The molecule has 0 radical (unpaired) electrons. The van der Waals surface area contributed by atoms with Crippen LogP contribution in [0.1, 0.15) is 17.2 Å². The van der Waals surface area contributed by atoms with Gasteiger partial charge in [-0.2, -0.15) is 0 Å². The molecule has 1 unspecified atom stereocenters. The van der Waals surface area contributed by atoms with Crippen LogP contribution in [0, 0.1) is 0 Å². The molecule has 0 saturated carbocycles. The Kier molecular flexibility index (Phi) is 4.25. The van der Waals surface area contributed by atoms with Crippen molar-refractivity contribution in [1.82, 2.24) is 15.3 Å². The van der Waals surface area contributed by atoms with Crippen LogP contribution in [0.4, 0.5) is 0 Å². The highest BCUT2D eigenvalue weighted by Crippen LogP contribution is 2.19. The number of rotatable bonds is 5. The summed E-state index contributed by atoms with van der Waals surface area (Å²) in [6.07, 6.45) is 6.10. The highest BCUT2D eigenvalue weighted by molar-refractivity contribution is 5.30. The van der Waals surface area contributed by atoms with E-state index in [0.717, 1.165) is 17.7 Å². The molecular formula is C14H17N3O. The number of hydrogen-bond acceptors (Lipinski definition) is 4. The van der Waals surface area contributed by atoms with Crippen molar-refractivity contribution in [1.29, 1.82) is 0 Å². The summed E-state index contributed by atoms with van der Waals surface area (Å²) in [5.41, 5.74) is 2.31. The van der Waals surface area contributed by atoms with E-state index in [2.05, 4.69) is 21.4 Å². The smallest absolute Gasteiger partial charge is 0.119 e. The van der Waals surface area contributed by atoms with Gasteiger partial charge in [-0.15, -0.1) is 0 Å². The fraction of sp³-hybridized carbons (Fsp3) is 0.286. The predicted octanol–water partition coefficient (Wildman–Crippen LogP) is 1.99. The molecule has 0 aliphatic carbocycles. The van der Waals surface area contributed by atoms with Crippen LogP contribution in [0.5, 0.6) is 5.75 Å². The van der Waals surface area contributed by atoms with Crippen molar-refractivity contribution in [2.45, 2.75) is 12.5 Å². The Hall–Kier alpha value is -1.94. The zero-order valence-corrected chi connectivity index (χ0v) is 10.6. The zero-order valence-electron chi connectivity index (χ0n) is 10.6. The minimum absolute atomic E-state index is 0.207. The first-order chi connectivity index (χ1) is 8.83. The average Bonchev–Trinajstić information content (AvgIpc) is 2.46. The number of aromatic nitrogens is 2. The second-order valence-corrected chi connectivity index (χ2v) is 4.07. The fourth-order valence-electron chi connectivity index (χ4n) is 1.91. The van der Waals surface area contributed by atoms with Gasteiger partial charge in [0.05, 0.1) is 7.11 Å². The molecule has 4 nitrogen and oxygen atoms in total. The molecule has 2 rings (SSSR count). The van der Waals surface area contributed by atoms with Gasteiger partial charge >= 0.3 is 0 Å². The maximum absolute atomic E-state index is 5.23. The van der Waals surface area contributed by atoms with Crippen molar-refractivity contribution in [2.75, 3.05) is 14.2 Å². The van der Waals surface area contributed by atoms with Gasteiger partial charge in [-0.1, -0.05) is 12.1 Å². The van der Waals surface area contributed by atoms with Crippen molar-refractivity contribution >= 4 is 0 Å². The molecule has 4 heteroatoms. The van der Waals surface area contributed by atoms with Gasteiger partial charge in [-0.05, 0) is 31.2 Å². The first-order valence-electron chi connectivity index (χ1n) is 5.88. The highest BCUT2D eigenvalue weighted by atomic mass is 16.5. The van der Waals surface area contributed by atoms with Crippen molar-refractivity contribution in [2.24, 2.45) is 0 Å². The number of ether oxygens (including phenoxy) is 1. The number of nitrogens with one attached hydrogen (secondary N) is 1. The quantitative estimate of drug-likeness (QED) is 0.872. The van der Waals surface area contributed by atoms with Gasteiger partial charge in [-0.25, -0.2) is 9.97 Å². The molecule has 0 fully saturated rings. The molecule has 0 bridgehead atoms. The van der Waals surface area contributed by atoms with Crippen molar-refractivity contribution in [3.05, 3.63) is 54.1 Å². The second kappa shape index (κ2) is 6.12. The maximum Gasteiger partial charge on any atom is 0.119 e. The minimum Gasteiger partial charge on any atom is -0.497 e. The van der Waals surface area contributed by atoms with Gasteiger partial charge in [0.1, 0.15) is 12.1 Å². The normalized spacial score (nSPS) is 12.1. The summed E-state index contributed by atoms with van der Waals surface area (Å²) in [7, 11) is 3.62. The van der Waals surface area contributed by atoms with Crippen molar-refractivity contribution in [3.8, 4) is 5.75 Å². The Morgan fingerprint density at radius 3 is 2.72 bits per heavy atom. The van der Waals surface area contributed by atoms with Gasteiger partial charge in [0.15, 0.2) is 0 Å². The van der Waals surface area contributed by atoms with E-state index in [1.165, 1.54) is 5.56 Å². The Morgan fingerprint density at radius 1 is 1.28 bits per heavy atom. The van der Waals surface area contributed by atoms with Crippen LogP contribution >= 0.6 is 0 Å². The van der Waals surface area contributed by atoms with E-state index < -0.39 is 0 Å². The molecule has 0 amide bonds. The van der Waals surface area contributed by atoms with E-state index in [1.807, 2.05) is 37.6 Å². The molecule has 94 valence electrons. The van der Waals surface area contributed by atoms with Gasteiger partial charge in [-0.3, -0.25) is 0 Å². The van der Waals surface area contributed by atoms with Gasteiger partial charge in [0.25, 0.3) is 0 Å². The van der Waals surface area contributed by atoms with Crippen molar-refractivity contribution < 1.29 is 4.74 Å². The number of likely N-dealkylation sites (N-methyl/N-ethyl adjacent to an activating group) is 1. The number of methoxy groups -OCH3 is 1. The fourth-order valence-corrected chi connectivity index (χ4v) is 1.91. The van der Waals surface area contributed by atoms with E-state index in [-0.39, 0.29) is 6.04 Å². The summed E-state index contributed by atoms with van der Waals surface area (Å²) in [6.45, 7) is 0. The van der Waals surface area contributed by atoms with Crippen LogP contribution in [0.2, 0.25) is 0 Å². The summed E-state index contributed by atoms with van der Waals surface area (Å²) < 4.78 is 5.23. The SMILES string of the molecule is CNC(Cc1cccc(OC)c1)c1cncnc1. The molecule has 18 heavy (non-hydrogen) atoms. The van der Waals surface area contributed by atoms with Crippen LogP contribution < -0.4 is 10.1 Å². The standard InChI is InChI=1S/C14H17N3O/c1-15-14(12-8-16-10-17-9-12)7-11-4-3-5-13(6-11)18-2/h3-6,8-10,14-15H,7H2,1-2H3. The monoisotopic (exact) mass is 243 g/mol. The largest absolute Gasteiger partial charge is 0.497 e. The Morgan fingerprint density at radius 2 is 2.06 bits per heavy atom. The molecule has 1 aromatic carbocycles. The number of nitrogens with zero attached hydrogens (tertiary/aromatic N) is 2. The number of hydrogen-bond donors (Lipinski definition) is 1. The third kappa shape index (κ3) is 3.05. The lowest BCUT2D eigenvalue weighted by atomic mass is 10.0. The Bertz CT molecular complexity index is 487. The predicted molar refractivity (Wildman–Crippen MR) is 70.5 cm³/mol. The summed E-state index contributed by atoms with van der Waals surface area (Å²) in [6, 6.07) is 8.30. The molecule has 1 atom stereocenters. The summed E-state index contributed by atoms with van der Waals surface area (Å²) >= 11 is 0.